The van der Waals surface area contributed by atoms with E-state index in [0.29, 0.717) is 6.42 Å². The highest BCUT2D eigenvalue weighted by molar-refractivity contribution is 4.92. The van der Waals surface area contributed by atoms with Crippen LogP contribution in [0, 0.1) is 17.8 Å². The number of hydrogen-bond donors (Lipinski definition) is 0. The average molecular weight is 602 g/mol. The van der Waals surface area contributed by atoms with E-state index in [1.54, 1.807) is 6.92 Å². The molecule has 0 rings (SSSR count). The molecule has 0 radical (unpaired) electrons. The SMILES string of the molecule is CCCCCC(CC(CC(CC(F)(F)CC(F)(F)CC(C)(F)C(F)(F)F)C(F)(F)F)C(F)(F)F)C(F)(F)F. The molecule has 0 fully saturated rings. The Balaban J connectivity index is 5.94. The van der Waals surface area contributed by atoms with Crippen LogP contribution in [0.2, 0.25) is 0 Å². The standard InChI is InChI=1S/C21H27F17/c1-3-4-5-6-12(18(27,28)29)7-13(19(30,31)32)8-14(20(33,34)35)9-16(23,24)11-17(25,26)10-15(2,22)21(36,37)38/h12-14H,3-11H2,1-2H3. The van der Waals surface area contributed by atoms with Crippen molar-refractivity contribution in [2.45, 2.75) is 114 Å². The zero-order chi connectivity index (χ0) is 30.6. The smallest absolute Gasteiger partial charge is 0.234 e. The minimum Gasteiger partial charge on any atom is -0.234 e. The zero-order valence-electron chi connectivity index (χ0n) is 20.0. The lowest BCUT2D eigenvalue weighted by Gasteiger charge is -2.34. The Kier molecular flexibility index (Phi) is 12.2. The molecule has 0 aromatic heterocycles. The monoisotopic (exact) mass is 602 g/mol. The molecule has 38 heavy (non-hydrogen) atoms. The van der Waals surface area contributed by atoms with Gasteiger partial charge in [-0.25, -0.2) is 22.0 Å². The molecular formula is C21H27F17. The maximum Gasteiger partial charge on any atom is 0.422 e. The molecule has 0 heterocycles. The van der Waals surface area contributed by atoms with Crippen molar-refractivity contribution in [3.63, 3.8) is 0 Å². The van der Waals surface area contributed by atoms with Crippen molar-refractivity contribution in [3.8, 4) is 0 Å². The van der Waals surface area contributed by atoms with Gasteiger partial charge in [-0.3, -0.25) is 0 Å². The Bertz CT molecular complexity index is 696. The summed E-state index contributed by atoms with van der Waals surface area (Å²) in [7, 11) is 0. The summed E-state index contributed by atoms with van der Waals surface area (Å²) in [5.41, 5.74) is -4.73. The third kappa shape index (κ3) is 12.8. The second-order valence-corrected chi connectivity index (χ2v) is 9.65. The molecule has 0 aliphatic rings. The molecule has 0 aliphatic heterocycles. The van der Waals surface area contributed by atoms with Gasteiger partial charge >= 0.3 is 24.7 Å². The van der Waals surface area contributed by atoms with Crippen LogP contribution in [-0.4, -0.2) is 42.2 Å². The molecular weight excluding hydrogens is 575 g/mol. The molecule has 0 aromatic carbocycles. The van der Waals surface area contributed by atoms with Gasteiger partial charge in [0.2, 0.25) is 5.67 Å². The van der Waals surface area contributed by atoms with Crippen molar-refractivity contribution in [1.82, 2.24) is 0 Å². The normalized spacial score (nSPS) is 18.7. The first-order valence-corrected chi connectivity index (χ1v) is 11.3. The highest BCUT2D eigenvalue weighted by Crippen LogP contribution is 2.50. The third-order valence-electron chi connectivity index (χ3n) is 5.93. The van der Waals surface area contributed by atoms with E-state index in [0.717, 1.165) is 0 Å². The molecule has 0 amide bonds. The number of hydrogen-bond acceptors (Lipinski definition) is 0. The van der Waals surface area contributed by atoms with Gasteiger partial charge in [0, 0.05) is 6.42 Å². The van der Waals surface area contributed by atoms with Crippen molar-refractivity contribution in [2.75, 3.05) is 0 Å². The van der Waals surface area contributed by atoms with Crippen LogP contribution in [0.1, 0.15) is 71.6 Å². The lowest BCUT2D eigenvalue weighted by Crippen LogP contribution is -2.45. The summed E-state index contributed by atoms with van der Waals surface area (Å²) in [6, 6.07) is 0. The second-order valence-electron chi connectivity index (χ2n) is 9.65. The molecule has 0 spiro atoms. The molecule has 0 aromatic rings. The summed E-state index contributed by atoms with van der Waals surface area (Å²) >= 11 is 0. The predicted octanol–water partition coefficient (Wildman–Crippen LogP) is 10.6. The molecule has 0 N–H and O–H groups in total. The minimum absolute atomic E-state index is 0.154. The highest BCUT2D eigenvalue weighted by atomic mass is 19.4. The van der Waals surface area contributed by atoms with Gasteiger partial charge in [0.05, 0.1) is 30.6 Å². The van der Waals surface area contributed by atoms with E-state index in [9.17, 15) is 74.6 Å². The van der Waals surface area contributed by atoms with E-state index in [2.05, 4.69) is 0 Å². The summed E-state index contributed by atoms with van der Waals surface area (Å²) in [5, 5.41) is 0. The van der Waals surface area contributed by atoms with Gasteiger partial charge in [0.1, 0.15) is 0 Å². The van der Waals surface area contributed by atoms with Crippen LogP contribution in [-0.2, 0) is 0 Å². The van der Waals surface area contributed by atoms with Gasteiger partial charge in [-0.15, -0.1) is 0 Å². The summed E-state index contributed by atoms with van der Waals surface area (Å²) in [4.78, 5) is 0. The molecule has 230 valence electrons. The van der Waals surface area contributed by atoms with Gasteiger partial charge in [0.15, 0.2) is 0 Å². The van der Waals surface area contributed by atoms with Crippen molar-refractivity contribution < 1.29 is 74.6 Å². The van der Waals surface area contributed by atoms with Crippen molar-refractivity contribution in [2.24, 2.45) is 17.8 Å². The Morgan fingerprint density at radius 1 is 0.500 bits per heavy atom. The number of halogens is 17. The molecule has 4 atom stereocenters. The molecule has 0 nitrogen and oxygen atoms in total. The van der Waals surface area contributed by atoms with Crippen molar-refractivity contribution in [3.05, 3.63) is 0 Å². The highest BCUT2D eigenvalue weighted by Gasteiger charge is 2.60. The fourth-order valence-corrected chi connectivity index (χ4v) is 3.90. The van der Waals surface area contributed by atoms with Crippen LogP contribution in [0.25, 0.3) is 0 Å². The van der Waals surface area contributed by atoms with Crippen molar-refractivity contribution >= 4 is 0 Å². The first-order chi connectivity index (χ1) is 16.5. The number of rotatable bonds is 14. The van der Waals surface area contributed by atoms with Gasteiger partial charge in [0.25, 0.3) is 11.8 Å². The zero-order valence-corrected chi connectivity index (χ0v) is 20.0. The van der Waals surface area contributed by atoms with Gasteiger partial charge in [-0.05, 0) is 26.2 Å². The molecule has 0 saturated heterocycles. The van der Waals surface area contributed by atoms with Crippen LogP contribution >= 0.6 is 0 Å². The lowest BCUT2D eigenvalue weighted by atomic mass is 9.81. The second kappa shape index (κ2) is 12.5. The predicted molar refractivity (Wildman–Crippen MR) is 101 cm³/mol. The first kappa shape index (κ1) is 36.8. The molecule has 0 aliphatic carbocycles. The third-order valence-corrected chi connectivity index (χ3v) is 5.93. The van der Waals surface area contributed by atoms with Crippen LogP contribution in [0.5, 0.6) is 0 Å². The summed E-state index contributed by atoms with van der Waals surface area (Å²) < 4.78 is 227. The maximum absolute atomic E-state index is 14.1. The van der Waals surface area contributed by atoms with E-state index in [1.807, 2.05) is 0 Å². The fraction of sp³-hybridized carbons (Fsp3) is 1.00. The molecule has 0 bridgehead atoms. The summed E-state index contributed by atoms with van der Waals surface area (Å²) in [6.07, 6.45) is -36.6. The van der Waals surface area contributed by atoms with Crippen LogP contribution in [0.15, 0.2) is 0 Å². The van der Waals surface area contributed by atoms with Crippen LogP contribution in [0.4, 0.5) is 74.6 Å². The van der Waals surface area contributed by atoms with Gasteiger partial charge in [-0.2, -0.15) is 52.7 Å². The topological polar surface area (TPSA) is 0 Å². The Hall–Kier alpha value is -1.19. The fourth-order valence-electron chi connectivity index (χ4n) is 3.90. The van der Waals surface area contributed by atoms with E-state index >= 15 is 0 Å². The Labute approximate surface area is 207 Å². The van der Waals surface area contributed by atoms with E-state index in [1.165, 1.54) is 0 Å². The number of alkyl halides is 17. The van der Waals surface area contributed by atoms with Gasteiger partial charge < -0.3 is 0 Å². The quantitative estimate of drug-likeness (QED) is 0.137. The van der Waals surface area contributed by atoms with Crippen LogP contribution in [0.3, 0.4) is 0 Å². The summed E-state index contributed by atoms with van der Waals surface area (Å²) in [5.74, 6) is -20.4. The lowest BCUT2D eigenvalue weighted by molar-refractivity contribution is -0.254. The van der Waals surface area contributed by atoms with Gasteiger partial charge in [-0.1, -0.05) is 26.2 Å². The summed E-state index contributed by atoms with van der Waals surface area (Å²) in [6.45, 7) is 1.12. The number of unbranched alkanes of at least 4 members (excludes halogenated alkanes) is 2. The Morgan fingerprint density at radius 3 is 1.29 bits per heavy atom. The minimum atomic E-state index is -5.97. The average Bonchev–Trinajstić information content (AvgIpc) is 2.60. The largest absolute Gasteiger partial charge is 0.422 e. The molecule has 0 saturated carbocycles. The Morgan fingerprint density at radius 2 is 0.921 bits per heavy atom. The molecule has 4 unspecified atom stereocenters. The first-order valence-electron chi connectivity index (χ1n) is 11.3. The van der Waals surface area contributed by atoms with Crippen LogP contribution < -0.4 is 0 Å². The van der Waals surface area contributed by atoms with E-state index < -0.39 is 105 Å². The molecule has 17 heteroatoms. The van der Waals surface area contributed by atoms with E-state index in [4.69, 9.17) is 0 Å². The van der Waals surface area contributed by atoms with Crippen molar-refractivity contribution in [1.29, 1.82) is 0 Å². The maximum atomic E-state index is 14.1. The van der Waals surface area contributed by atoms with E-state index in [-0.39, 0.29) is 12.8 Å².